The number of ether oxygens (including phenoxy) is 1. The topological polar surface area (TPSA) is 58.6 Å². The maximum atomic E-state index is 13.6. The van der Waals surface area contributed by atoms with Crippen LogP contribution in [0.2, 0.25) is 0 Å². The molecule has 1 fully saturated rings. The van der Waals surface area contributed by atoms with E-state index < -0.39 is 12.3 Å². The number of nitrogens with zero attached hydrogens (tertiary/aromatic N) is 1. The Labute approximate surface area is 128 Å². The highest BCUT2D eigenvalue weighted by molar-refractivity contribution is 6.00. The van der Waals surface area contributed by atoms with E-state index in [0.29, 0.717) is 17.8 Å². The van der Waals surface area contributed by atoms with Crippen LogP contribution in [0.3, 0.4) is 0 Å². The number of amides is 2. The predicted octanol–water partition coefficient (Wildman–Crippen LogP) is 2.01. The maximum absolute atomic E-state index is 13.6. The van der Waals surface area contributed by atoms with Crippen LogP contribution in [0.15, 0.2) is 36.9 Å². The Morgan fingerprint density at radius 1 is 1.50 bits per heavy atom. The van der Waals surface area contributed by atoms with Gasteiger partial charge in [-0.2, -0.15) is 0 Å². The summed E-state index contributed by atoms with van der Waals surface area (Å²) >= 11 is 0. The van der Waals surface area contributed by atoms with Gasteiger partial charge in [0.05, 0.1) is 6.54 Å². The van der Waals surface area contributed by atoms with Crippen LogP contribution in [0.5, 0.6) is 0 Å². The summed E-state index contributed by atoms with van der Waals surface area (Å²) in [6.07, 6.45) is -0.227. The summed E-state index contributed by atoms with van der Waals surface area (Å²) in [6.45, 7) is 3.95. The van der Waals surface area contributed by atoms with E-state index >= 15 is 0 Å². The number of halogens is 1. The molecule has 0 radical (unpaired) electrons. The molecular formula is C16H19FN2O3. The highest BCUT2D eigenvalue weighted by atomic mass is 19.1. The standard InChI is InChI=1S/C16H19FN2O3/c1-3-15(20)18-12-6-4-5-11(9-12)16(21)19-8-7-13(17)14(10-19)22-2/h3-6,9,13-14H,1,7-8,10H2,2H3,(H,18,20)/t13-,14-/m1/s1. The monoisotopic (exact) mass is 306 g/mol. The van der Waals surface area contributed by atoms with Gasteiger partial charge in [-0.3, -0.25) is 9.59 Å². The molecule has 0 aromatic heterocycles. The smallest absolute Gasteiger partial charge is 0.254 e. The largest absolute Gasteiger partial charge is 0.377 e. The van der Waals surface area contributed by atoms with E-state index in [1.54, 1.807) is 29.2 Å². The maximum Gasteiger partial charge on any atom is 0.254 e. The molecular weight excluding hydrogens is 287 g/mol. The van der Waals surface area contributed by atoms with Gasteiger partial charge in [-0.15, -0.1) is 0 Å². The van der Waals surface area contributed by atoms with Gasteiger partial charge < -0.3 is 15.0 Å². The van der Waals surface area contributed by atoms with E-state index in [-0.39, 0.29) is 24.8 Å². The van der Waals surface area contributed by atoms with Crippen LogP contribution >= 0.6 is 0 Å². The number of likely N-dealkylation sites (tertiary alicyclic amines) is 1. The third-order valence-corrected chi connectivity index (χ3v) is 3.63. The molecule has 0 saturated carbocycles. The number of carbonyl (C=O) groups excluding carboxylic acids is 2. The van der Waals surface area contributed by atoms with E-state index in [0.717, 1.165) is 6.08 Å². The lowest BCUT2D eigenvalue weighted by Gasteiger charge is -2.34. The minimum absolute atomic E-state index is 0.205. The zero-order valence-electron chi connectivity index (χ0n) is 12.4. The first-order valence-electron chi connectivity index (χ1n) is 7.04. The Hall–Kier alpha value is -2.21. The summed E-state index contributed by atoms with van der Waals surface area (Å²) in [5.41, 5.74) is 0.952. The predicted molar refractivity (Wildman–Crippen MR) is 81.5 cm³/mol. The zero-order valence-corrected chi connectivity index (χ0v) is 12.4. The van der Waals surface area contributed by atoms with Crippen LogP contribution < -0.4 is 5.32 Å². The van der Waals surface area contributed by atoms with E-state index in [2.05, 4.69) is 11.9 Å². The van der Waals surface area contributed by atoms with Crippen molar-refractivity contribution in [2.24, 2.45) is 0 Å². The number of alkyl halides is 1. The molecule has 0 bridgehead atoms. The lowest BCUT2D eigenvalue weighted by Crippen LogP contribution is -2.48. The van der Waals surface area contributed by atoms with E-state index in [4.69, 9.17) is 4.74 Å². The first-order valence-corrected chi connectivity index (χ1v) is 7.04. The second-order valence-electron chi connectivity index (χ2n) is 5.10. The average molecular weight is 306 g/mol. The molecule has 1 aliphatic heterocycles. The van der Waals surface area contributed by atoms with Gasteiger partial charge in [0.25, 0.3) is 5.91 Å². The molecule has 1 aromatic carbocycles. The van der Waals surface area contributed by atoms with Crippen LogP contribution in [-0.4, -0.2) is 49.2 Å². The van der Waals surface area contributed by atoms with Gasteiger partial charge in [0.2, 0.25) is 5.91 Å². The second kappa shape index (κ2) is 7.17. The first-order chi connectivity index (χ1) is 10.5. The number of hydrogen-bond acceptors (Lipinski definition) is 3. The normalized spacial score (nSPS) is 21.3. The lowest BCUT2D eigenvalue weighted by atomic mass is 10.0. The van der Waals surface area contributed by atoms with Crippen LogP contribution in [-0.2, 0) is 9.53 Å². The molecule has 1 N–H and O–H groups in total. The molecule has 5 nitrogen and oxygen atoms in total. The average Bonchev–Trinajstić information content (AvgIpc) is 2.54. The first kappa shape index (κ1) is 16.2. The van der Waals surface area contributed by atoms with Gasteiger partial charge >= 0.3 is 0 Å². The van der Waals surface area contributed by atoms with Crippen LogP contribution in [0.4, 0.5) is 10.1 Å². The summed E-state index contributed by atoms with van der Waals surface area (Å²) in [4.78, 5) is 25.4. The van der Waals surface area contributed by atoms with Gasteiger partial charge in [0.15, 0.2) is 0 Å². The molecule has 6 heteroatoms. The summed E-state index contributed by atoms with van der Waals surface area (Å²) in [6, 6.07) is 6.62. The number of methoxy groups -OCH3 is 1. The van der Waals surface area contributed by atoms with Crippen LogP contribution in [0.25, 0.3) is 0 Å². The number of piperidine rings is 1. The highest BCUT2D eigenvalue weighted by Crippen LogP contribution is 2.20. The minimum atomic E-state index is -1.05. The molecule has 2 atom stereocenters. The van der Waals surface area contributed by atoms with Gasteiger partial charge in [-0.1, -0.05) is 12.6 Å². The fraction of sp³-hybridized carbons (Fsp3) is 0.375. The molecule has 1 saturated heterocycles. The van der Waals surface area contributed by atoms with Gasteiger partial charge in [0, 0.05) is 24.9 Å². The fourth-order valence-corrected chi connectivity index (χ4v) is 2.40. The quantitative estimate of drug-likeness (QED) is 0.866. The van der Waals surface area contributed by atoms with E-state index in [1.165, 1.54) is 7.11 Å². The van der Waals surface area contributed by atoms with Gasteiger partial charge in [-0.05, 0) is 30.7 Å². The molecule has 1 heterocycles. The SMILES string of the molecule is C=CC(=O)Nc1cccc(C(=O)N2CC[C@@H](F)[C@H](OC)C2)c1. The highest BCUT2D eigenvalue weighted by Gasteiger charge is 2.31. The number of rotatable bonds is 4. The molecule has 2 amide bonds. The Morgan fingerprint density at radius 3 is 2.95 bits per heavy atom. The number of benzene rings is 1. The summed E-state index contributed by atoms with van der Waals surface area (Å²) < 4.78 is 18.7. The summed E-state index contributed by atoms with van der Waals surface area (Å²) in [5.74, 6) is -0.550. The number of carbonyl (C=O) groups is 2. The lowest BCUT2D eigenvalue weighted by molar-refractivity contribution is -0.111. The third-order valence-electron chi connectivity index (χ3n) is 3.63. The number of hydrogen-bond donors (Lipinski definition) is 1. The van der Waals surface area contributed by atoms with Crippen LogP contribution in [0.1, 0.15) is 16.8 Å². The molecule has 22 heavy (non-hydrogen) atoms. The molecule has 0 aliphatic carbocycles. The second-order valence-corrected chi connectivity index (χ2v) is 5.10. The van der Waals surface area contributed by atoms with Crippen molar-refractivity contribution in [1.82, 2.24) is 4.90 Å². The Morgan fingerprint density at radius 2 is 2.27 bits per heavy atom. The third kappa shape index (κ3) is 3.71. The molecule has 1 aromatic rings. The van der Waals surface area contributed by atoms with Crippen molar-refractivity contribution < 1.29 is 18.7 Å². The van der Waals surface area contributed by atoms with Gasteiger partial charge in [-0.25, -0.2) is 4.39 Å². The Balaban J connectivity index is 2.10. The molecule has 0 spiro atoms. The molecule has 2 rings (SSSR count). The zero-order chi connectivity index (χ0) is 16.1. The number of nitrogens with one attached hydrogen (secondary N) is 1. The molecule has 1 aliphatic rings. The minimum Gasteiger partial charge on any atom is -0.377 e. The van der Waals surface area contributed by atoms with Crippen molar-refractivity contribution in [3.8, 4) is 0 Å². The van der Waals surface area contributed by atoms with Crippen molar-refractivity contribution >= 4 is 17.5 Å². The van der Waals surface area contributed by atoms with Crippen molar-refractivity contribution in [2.45, 2.75) is 18.7 Å². The summed E-state index contributed by atoms with van der Waals surface area (Å²) in [5, 5.41) is 2.60. The van der Waals surface area contributed by atoms with Crippen molar-refractivity contribution in [1.29, 1.82) is 0 Å². The van der Waals surface area contributed by atoms with Gasteiger partial charge in [0.1, 0.15) is 12.3 Å². The van der Waals surface area contributed by atoms with Crippen molar-refractivity contribution in [2.75, 3.05) is 25.5 Å². The van der Waals surface area contributed by atoms with Crippen molar-refractivity contribution in [3.63, 3.8) is 0 Å². The Bertz CT molecular complexity index is 576. The van der Waals surface area contributed by atoms with Crippen molar-refractivity contribution in [3.05, 3.63) is 42.5 Å². The van der Waals surface area contributed by atoms with E-state index in [9.17, 15) is 14.0 Å². The van der Waals surface area contributed by atoms with E-state index in [1.807, 2.05) is 0 Å². The number of anilines is 1. The molecule has 118 valence electrons. The summed E-state index contributed by atoms with van der Waals surface area (Å²) in [7, 11) is 1.44. The Kier molecular flexibility index (Phi) is 5.27. The molecule has 0 unspecified atom stereocenters. The van der Waals surface area contributed by atoms with Crippen LogP contribution in [0, 0.1) is 0 Å². The fourth-order valence-electron chi connectivity index (χ4n) is 2.40.